The van der Waals surface area contributed by atoms with Gasteiger partial charge >= 0.3 is 5.69 Å². The minimum atomic E-state index is -1.17. The molecule has 10 heteroatoms. The first-order valence-corrected chi connectivity index (χ1v) is 8.92. The van der Waals surface area contributed by atoms with Crippen molar-refractivity contribution in [3.05, 3.63) is 69.3 Å². The second kappa shape index (κ2) is 8.29. The lowest BCUT2D eigenvalue weighted by molar-refractivity contribution is 0.267. The second-order valence-corrected chi connectivity index (χ2v) is 7.01. The van der Waals surface area contributed by atoms with Crippen LogP contribution < -0.4 is 16.6 Å². The van der Waals surface area contributed by atoms with E-state index in [0.717, 1.165) is 0 Å². The summed E-state index contributed by atoms with van der Waals surface area (Å²) >= 11 is 0. The molecule has 3 aromatic rings. The lowest BCUT2D eigenvalue weighted by atomic mass is 9.81. The second-order valence-electron chi connectivity index (χ2n) is 7.01. The average Bonchev–Trinajstić information content (AvgIpc) is 2.67. The van der Waals surface area contributed by atoms with Crippen molar-refractivity contribution in [1.29, 1.82) is 0 Å². The maximum atomic E-state index is 14.3. The molecule has 3 rings (SSSR count). The Kier molecular flexibility index (Phi) is 5.81. The molecule has 0 aliphatic rings. The van der Waals surface area contributed by atoms with Crippen LogP contribution in [0.15, 0.2) is 46.5 Å². The average molecular weight is 402 g/mol. The number of halogens is 2. The van der Waals surface area contributed by atoms with E-state index in [4.69, 9.17) is 0 Å². The molecule has 0 aromatic carbocycles. The van der Waals surface area contributed by atoms with E-state index in [-0.39, 0.29) is 30.2 Å². The van der Waals surface area contributed by atoms with Crippen molar-refractivity contribution >= 4 is 5.95 Å². The number of aromatic amines is 2. The van der Waals surface area contributed by atoms with Crippen molar-refractivity contribution in [3.8, 4) is 11.1 Å². The highest BCUT2D eigenvalue weighted by Gasteiger charge is 2.33. The molecule has 0 saturated heterocycles. The maximum absolute atomic E-state index is 14.3. The fourth-order valence-corrected chi connectivity index (χ4v) is 3.16. The van der Waals surface area contributed by atoms with Gasteiger partial charge in [0.1, 0.15) is 5.82 Å². The van der Waals surface area contributed by atoms with Crippen molar-refractivity contribution in [2.75, 3.05) is 11.9 Å². The molecule has 3 N–H and O–H groups in total. The highest BCUT2D eigenvalue weighted by Crippen LogP contribution is 2.30. The first-order valence-electron chi connectivity index (χ1n) is 8.92. The Bertz CT molecular complexity index is 1100. The van der Waals surface area contributed by atoms with Gasteiger partial charge in [-0.1, -0.05) is 6.92 Å². The number of pyridine rings is 1. The summed E-state index contributed by atoms with van der Waals surface area (Å²) < 4.78 is 28.0. The predicted octanol–water partition coefficient (Wildman–Crippen LogP) is 2.17. The molecular formula is C19H20F2N6O2. The van der Waals surface area contributed by atoms with E-state index in [1.165, 1.54) is 43.8 Å². The van der Waals surface area contributed by atoms with E-state index in [9.17, 15) is 18.4 Å². The number of rotatable bonds is 7. The lowest BCUT2D eigenvalue weighted by Crippen LogP contribution is -2.36. The van der Waals surface area contributed by atoms with Crippen molar-refractivity contribution in [3.63, 3.8) is 0 Å². The molecule has 0 radical (unpaired) electrons. The van der Waals surface area contributed by atoms with Gasteiger partial charge in [-0.05, 0) is 25.5 Å². The number of anilines is 1. The summed E-state index contributed by atoms with van der Waals surface area (Å²) in [5.41, 5.74) is -1.33. The van der Waals surface area contributed by atoms with Crippen LogP contribution in [0.5, 0.6) is 0 Å². The van der Waals surface area contributed by atoms with Crippen molar-refractivity contribution in [2.45, 2.75) is 31.9 Å². The molecule has 0 bridgehead atoms. The van der Waals surface area contributed by atoms with Gasteiger partial charge in [0.2, 0.25) is 5.95 Å². The summed E-state index contributed by atoms with van der Waals surface area (Å²) in [4.78, 5) is 39.8. The van der Waals surface area contributed by atoms with Crippen molar-refractivity contribution < 1.29 is 8.78 Å². The Hall–Kier alpha value is -3.43. The molecular weight excluding hydrogens is 382 g/mol. The Morgan fingerprint density at radius 3 is 2.59 bits per heavy atom. The van der Waals surface area contributed by atoms with Gasteiger partial charge in [0.05, 0.1) is 17.4 Å². The minimum Gasteiger partial charge on any atom is -0.353 e. The van der Waals surface area contributed by atoms with Crippen LogP contribution >= 0.6 is 0 Å². The SMILES string of the molecule is C[C@@H](F)C[C@](C)(CNc1ncc(-c2c[nH]c(=O)[nH]c2=O)cn1)c1ncccc1F. The quantitative estimate of drug-likeness (QED) is 0.558. The highest BCUT2D eigenvalue weighted by atomic mass is 19.1. The fraction of sp³-hybridized carbons (Fsp3) is 0.316. The topological polar surface area (TPSA) is 116 Å². The lowest BCUT2D eigenvalue weighted by Gasteiger charge is -2.30. The van der Waals surface area contributed by atoms with Gasteiger partial charge in [0, 0.05) is 42.3 Å². The van der Waals surface area contributed by atoms with Crippen molar-refractivity contribution in [2.24, 2.45) is 0 Å². The summed E-state index contributed by atoms with van der Waals surface area (Å²) in [5.74, 6) is -0.283. The van der Waals surface area contributed by atoms with Crippen LogP contribution in [0.4, 0.5) is 14.7 Å². The zero-order chi connectivity index (χ0) is 21.0. The monoisotopic (exact) mass is 402 g/mol. The number of hydrogen-bond acceptors (Lipinski definition) is 6. The molecule has 0 spiro atoms. The Morgan fingerprint density at radius 1 is 1.24 bits per heavy atom. The summed E-state index contributed by atoms with van der Waals surface area (Å²) in [6.07, 6.45) is 4.45. The van der Waals surface area contributed by atoms with Crippen LogP contribution in [0.25, 0.3) is 11.1 Å². The summed E-state index contributed by atoms with van der Waals surface area (Å²) in [6.45, 7) is 3.27. The molecule has 0 aliphatic carbocycles. The van der Waals surface area contributed by atoms with Gasteiger partial charge in [-0.2, -0.15) is 0 Å². The molecule has 3 aromatic heterocycles. The van der Waals surface area contributed by atoms with E-state index in [1.54, 1.807) is 6.92 Å². The zero-order valence-electron chi connectivity index (χ0n) is 15.9. The molecule has 0 fully saturated rings. The van der Waals surface area contributed by atoms with Crippen LogP contribution in [-0.4, -0.2) is 37.6 Å². The molecule has 0 aliphatic heterocycles. The minimum absolute atomic E-state index is 0.0543. The fourth-order valence-electron chi connectivity index (χ4n) is 3.16. The molecule has 0 amide bonds. The Labute approximate surface area is 164 Å². The summed E-state index contributed by atoms with van der Waals surface area (Å²) in [6, 6.07) is 2.77. The highest BCUT2D eigenvalue weighted by molar-refractivity contribution is 5.59. The third-order valence-electron chi connectivity index (χ3n) is 4.48. The Morgan fingerprint density at radius 2 is 1.97 bits per heavy atom. The number of nitrogens with one attached hydrogen (secondary N) is 3. The molecule has 0 unspecified atom stereocenters. The number of aromatic nitrogens is 5. The number of hydrogen-bond donors (Lipinski definition) is 3. The summed E-state index contributed by atoms with van der Waals surface area (Å²) in [7, 11) is 0. The molecule has 152 valence electrons. The van der Waals surface area contributed by atoms with Gasteiger partial charge < -0.3 is 10.3 Å². The van der Waals surface area contributed by atoms with E-state index in [0.29, 0.717) is 5.56 Å². The zero-order valence-corrected chi connectivity index (χ0v) is 15.9. The summed E-state index contributed by atoms with van der Waals surface area (Å²) in [5, 5.41) is 2.98. The Balaban J connectivity index is 1.80. The predicted molar refractivity (Wildman–Crippen MR) is 104 cm³/mol. The van der Waals surface area contributed by atoms with Gasteiger partial charge in [-0.15, -0.1) is 0 Å². The van der Waals surface area contributed by atoms with Gasteiger partial charge in [-0.3, -0.25) is 14.8 Å². The molecule has 29 heavy (non-hydrogen) atoms. The van der Waals surface area contributed by atoms with E-state index in [1.807, 2.05) is 0 Å². The van der Waals surface area contributed by atoms with Crippen LogP contribution in [-0.2, 0) is 5.41 Å². The number of nitrogens with zero attached hydrogens (tertiary/aromatic N) is 3. The third-order valence-corrected chi connectivity index (χ3v) is 4.48. The number of alkyl halides is 1. The van der Waals surface area contributed by atoms with Crippen LogP contribution in [0.2, 0.25) is 0 Å². The van der Waals surface area contributed by atoms with Crippen LogP contribution in [0.3, 0.4) is 0 Å². The standard InChI is InChI=1S/C19H20F2N6O2/c1-11(20)6-19(2,15-14(21)4-3-5-22-15)10-26-17-23-7-12(8-24-17)13-9-25-18(29)27-16(13)28/h3-5,7-9,11H,6,10H2,1-2H3,(H,23,24,26)(H2,25,27,28,29)/t11-,19-/m1/s1. The first kappa shape index (κ1) is 20.3. The van der Waals surface area contributed by atoms with Crippen LogP contribution in [0, 0.1) is 5.82 Å². The first-order chi connectivity index (χ1) is 13.8. The molecule has 2 atom stereocenters. The van der Waals surface area contributed by atoms with E-state index >= 15 is 0 Å². The van der Waals surface area contributed by atoms with E-state index in [2.05, 4.69) is 30.2 Å². The number of H-pyrrole nitrogens is 2. The van der Waals surface area contributed by atoms with Gasteiger partial charge in [0.15, 0.2) is 0 Å². The molecule has 3 heterocycles. The smallest absolute Gasteiger partial charge is 0.325 e. The van der Waals surface area contributed by atoms with Gasteiger partial charge in [0.25, 0.3) is 5.56 Å². The molecule has 0 saturated carbocycles. The van der Waals surface area contributed by atoms with E-state index < -0.39 is 28.7 Å². The van der Waals surface area contributed by atoms with Gasteiger partial charge in [-0.25, -0.2) is 23.5 Å². The third kappa shape index (κ3) is 4.71. The maximum Gasteiger partial charge on any atom is 0.325 e. The van der Waals surface area contributed by atoms with Crippen LogP contribution in [0.1, 0.15) is 26.0 Å². The normalized spacial score (nSPS) is 14.2. The van der Waals surface area contributed by atoms with Crippen molar-refractivity contribution in [1.82, 2.24) is 24.9 Å². The molecule has 8 nitrogen and oxygen atoms in total. The largest absolute Gasteiger partial charge is 0.353 e.